The van der Waals surface area contributed by atoms with E-state index in [9.17, 15) is 14.4 Å². The van der Waals surface area contributed by atoms with E-state index in [1.54, 1.807) is 19.1 Å². The van der Waals surface area contributed by atoms with E-state index in [2.05, 4.69) is 15.5 Å². The van der Waals surface area contributed by atoms with Crippen molar-refractivity contribution in [2.75, 3.05) is 12.3 Å². The van der Waals surface area contributed by atoms with E-state index in [0.29, 0.717) is 16.4 Å². The molecule has 3 rings (SSSR count). The molecule has 0 aliphatic rings. The van der Waals surface area contributed by atoms with Gasteiger partial charge in [-0.2, -0.15) is 9.94 Å². The lowest BCUT2D eigenvalue weighted by molar-refractivity contribution is 0.0531. The number of thioether (sulfide) groups is 1. The van der Waals surface area contributed by atoms with Crippen molar-refractivity contribution >= 4 is 34.1 Å². The Morgan fingerprint density at radius 1 is 1.52 bits per heavy atom. The van der Waals surface area contributed by atoms with E-state index in [0.717, 1.165) is 11.3 Å². The molecule has 2 heterocycles. The number of esters is 1. The molecular weight excluding hydrogens is 391 g/mol. The molecule has 0 atom stereocenters. The maximum Gasteiger partial charge on any atom is 0.348 e. The number of nitriles is 1. The molecule has 0 radical (unpaired) electrons. The molecule has 0 aliphatic heterocycles. The first-order valence-electron chi connectivity index (χ1n) is 7.70. The summed E-state index contributed by atoms with van der Waals surface area (Å²) in [6.45, 7) is 1.91. The molecule has 3 aromatic rings. The number of nitrogens with two attached hydrogens (primary N) is 1. The fourth-order valence-corrected chi connectivity index (χ4v) is 4.22. The number of aromatic nitrogens is 4. The minimum absolute atomic E-state index is 0.211. The lowest BCUT2D eigenvalue weighted by Gasteiger charge is -2.06. The van der Waals surface area contributed by atoms with E-state index < -0.39 is 11.8 Å². The van der Waals surface area contributed by atoms with Gasteiger partial charge >= 0.3 is 5.97 Å². The van der Waals surface area contributed by atoms with Crippen LogP contribution in [-0.2, 0) is 10.5 Å². The summed E-state index contributed by atoms with van der Waals surface area (Å²) in [6, 6.07) is 7.85. The topological polar surface area (TPSA) is 120 Å². The zero-order valence-corrected chi connectivity index (χ0v) is 15.7. The van der Waals surface area contributed by atoms with Crippen LogP contribution in [0.4, 0.5) is 9.39 Å². The second-order valence-electron chi connectivity index (χ2n) is 5.12. The van der Waals surface area contributed by atoms with Crippen molar-refractivity contribution in [3.05, 3.63) is 46.1 Å². The molecule has 0 saturated carbocycles. The van der Waals surface area contributed by atoms with Gasteiger partial charge in [0.05, 0.1) is 17.9 Å². The van der Waals surface area contributed by atoms with Crippen molar-refractivity contribution in [2.45, 2.75) is 17.8 Å². The molecular formula is C16H13FN6O2S2. The second-order valence-corrected chi connectivity index (χ2v) is 7.12. The van der Waals surface area contributed by atoms with Gasteiger partial charge in [0.2, 0.25) is 5.16 Å². The number of ether oxygens (including phenoxy) is 1. The van der Waals surface area contributed by atoms with Crippen LogP contribution in [0.5, 0.6) is 0 Å². The number of rotatable bonds is 6. The first kappa shape index (κ1) is 18.8. The summed E-state index contributed by atoms with van der Waals surface area (Å²) in [5, 5.41) is 21.4. The van der Waals surface area contributed by atoms with Crippen LogP contribution in [0.25, 0.3) is 5.69 Å². The summed E-state index contributed by atoms with van der Waals surface area (Å²) in [5.41, 5.74) is 7.03. The number of nitrogen functional groups attached to an aromatic ring is 1. The highest BCUT2D eigenvalue weighted by molar-refractivity contribution is 7.98. The smallest absolute Gasteiger partial charge is 0.348 e. The first-order valence-corrected chi connectivity index (χ1v) is 9.50. The number of nitrogens with zero attached hydrogens (tertiary/aromatic N) is 5. The molecule has 11 heteroatoms. The van der Waals surface area contributed by atoms with Crippen LogP contribution in [0.1, 0.15) is 27.7 Å². The fraction of sp³-hybridized carbons (Fsp3) is 0.188. The molecule has 2 aromatic heterocycles. The van der Waals surface area contributed by atoms with Crippen molar-refractivity contribution in [3.63, 3.8) is 0 Å². The fourth-order valence-electron chi connectivity index (χ4n) is 2.28. The Balaban J connectivity index is 1.89. The summed E-state index contributed by atoms with van der Waals surface area (Å²) in [4.78, 5) is 12.4. The number of hydrogen-bond donors (Lipinski definition) is 1. The maximum absolute atomic E-state index is 13.5. The van der Waals surface area contributed by atoms with Crippen LogP contribution in [0.2, 0.25) is 0 Å². The van der Waals surface area contributed by atoms with Gasteiger partial charge in [-0.3, -0.25) is 0 Å². The van der Waals surface area contributed by atoms with Crippen LogP contribution >= 0.6 is 23.1 Å². The van der Waals surface area contributed by atoms with E-state index in [1.807, 2.05) is 6.07 Å². The standard InChI is InChI=1S/C16H13FN6O2S2/c1-2-25-15(24)13-12(11(7-18)14(19)27-13)8-26-16-20-21-22-23(16)10-5-3-4-9(17)6-10/h3-6H,2,8,19H2,1H3. The minimum atomic E-state index is -0.531. The Kier molecular flexibility index (Phi) is 5.68. The maximum atomic E-state index is 13.5. The lowest BCUT2D eigenvalue weighted by atomic mass is 10.2. The Hall–Kier alpha value is -2.97. The molecule has 0 fully saturated rings. The largest absolute Gasteiger partial charge is 0.462 e. The highest BCUT2D eigenvalue weighted by atomic mass is 32.2. The summed E-state index contributed by atoms with van der Waals surface area (Å²) < 4.78 is 19.9. The summed E-state index contributed by atoms with van der Waals surface area (Å²) in [7, 11) is 0. The molecule has 0 spiro atoms. The number of carbonyl (C=O) groups is 1. The van der Waals surface area contributed by atoms with Crippen LogP contribution in [0, 0.1) is 17.1 Å². The predicted octanol–water partition coefficient (Wildman–Crippen LogP) is 2.79. The van der Waals surface area contributed by atoms with Gasteiger partial charge < -0.3 is 10.5 Å². The summed E-state index contributed by atoms with van der Waals surface area (Å²) in [5.74, 6) is -0.725. The van der Waals surface area contributed by atoms with Gasteiger partial charge in [0.25, 0.3) is 0 Å². The Bertz CT molecular complexity index is 1030. The molecule has 8 nitrogen and oxygen atoms in total. The van der Waals surface area contributed by atoms with Gasteiger partial charge in [-0.25, -0.2) is 9.18 Å². The second kappa shape index (κ2) is 8.15. The quantitative estimate of drug-likeness (QED) is 0.492. The predicted molar refractivity (Wildman–Crippen MR) is 98.1 cm³/mol. The number of tetrazole rings is 1. The van der Waals surface area contributed by atoms with Crippen LogP contribution in [0.3, 0.4) is 0 Å². The number of halogens is 1. The monoisotopic (exact) mass is 404 g/mol. The van der Waals surface area contributed by atoms with Crippen LogP contribution < -0.4 is 5.73 Å². The van der Waals surface area contributed by atoms with Crippen molar-refractivity contribution < 1.29 is 13.9 Å². The van der Waals surface area contributed by atoms with Crippen LogP contribution in [0.15, 0.2) is 29.4 Å². The molecule has 0 aliphatic carbocycles. The molecule has 27 heavy (non-hydrogen) atoms. The van der Waals surface area contributed by atoms with Gasteiger partial charge in [0.15, 0.2) is 0 Å². The first-order chi connectivity index (χ1) is 13.0. The highest BCUT2D eigenvalue weighted by Crippen LogP contribution is 2.35. The van der Waals surface area contributed by atoms with E-state index in [1.165, 1.54) is 28.6 Å². The Labute approximate surface area is 161 Å². The van der Waals surface area contributed by atoms with Gasteiger partial charge in [-0.1, -0.05) is 17.8 Å². The van der Waals surface area contributed by atoms with E-state index in [-0.39, 0.29) is 27.8 Å². The van der Waals surface area contributed by atoms with Crippen molar-refractivity contribution in [1.29, 1.82) is 5.26 Å². The number of thiophene rings is 1. The summed E-state index contributed by atoms with van der Waals surface area (Å²) in [6.07, 6.45) is 0. The minimum Gasteiger partial charge on any atom is -0.462 e. The Morgan fingerprint density at radius 3 is 3.04 bits per heavy atom. The average molecular weight is 404 g/mol. The molecule has 0 saturated heterocycles. The van der Waals surface area contributed by atoms with Gasteiger partial charge in [-0.15, -0.1) is 16.4 Å². The number of anilines is 1. The van der Waals surface area contributed by atoms with Crippen molar-refractivity contribution in [1.82, 2.24) is 20.2 Å². The zero-order valence-electron chi connectivity index (χ0n) is 14.0. The van der Waals surface area contributed by atoms with Gasteiger partial charge in [-0.05, 0) is 35.5 Å². The average Bonchev–Trinajstić information content (AvgIpc) is 3.24. The van der Waals surface area contributed by atoms with Gasteiger partial charge in [0.1, 0.15) is 21.8 Å². The third-order valence-electron chi connectivity index (χ3n) is 3.45. The lowest BCUT2D eigenvalue weighted by Crippen LogP contribution is -2.05. The number of benzene rings is 1. The SMILES string of the molecule is CCOC(=O)c1sc(N)c(C#N)c1CSc1nnnn1-c1cccc(F)c1. The van der Waals surface area contributed by atoms with E-state index in [4.69, 9.17) is 10.5 Å². The van der Waals surface area contributed by atoms with Gasteiger partial charge in [0, 0.05) is 11.3 Å². The molecule has 1 aromatic carbocycles. The Morgan fingerprint density at radius 2 is 2.33 bits per heavy atom. The molecule has 0 amide bonds. The van der Waals surface area contributed by atoms with Crippen molar-refractivity contribution in [2.24, 2.45) is 0 Å². The molecule has 0 bridgehead atoms. The third-order valence-corrected chi connectivity index (χ3v) is 5.43. The third kappa shape index (κ3) is 3.91. The highest BCUT2D eigenvalue weighted by Gasteiger charge is 2.23. The van der Waals surface area contributed by atoms with Crippen LogP contribution in [-0.4, -0.2) is 32.8 Å². The summed E-state index contributed by atoms with van der Waals surface area (Å²) >= 11 is 2.21. The molecule has 2 N–H and O–H groups in total. The number of carbonyl (C=O) groups excluding carboxylic acids is 1. The molecule has 0 unspecified atom stereocenters. The normalized spacial score (nSPS) is 10.6. The number of hydrogen-bond acceptors (Lipinski definition) is 9. The molecule has 138 valence electrons. The van der Waals surface area contributed by atoms with E-state index >= 15 is 0 Å². The van der Waals surface area contributed by atoms with Crippen molar-refractivity contribution in [3.8, 4) is 11.8 Å². The zero-order chi connectivity index (χ0) is 19.4.